The second-order valence-electron chi connectivity index (χ2n) is 3.69. The Kier molecular flexibility index (Phi) is 4.89. The molecule has 2 aromatic rings. The summed E-state index contributed by atoms with van der Waals surface area (Å²) < 4.78 is 0. The van der Waals surface area contributed by atoms with E-state index in [4.69, 9.17) is 34.8 Å². The molecule has 0 aliphatic carbocycles. The van der Waals surface area contributed by atoms with E-state index < -0.39 is 6.03 Å². The summed E-state index contributed by atoms with van der Waals surface area (Å²) in [6, 6.07) is 6.21. The van der Waals surface area contributed by atoms with Gasteiger partial charge in [-0.1, -0.05) is 34.8 Å². The van der Waals surface area contributed by atoms with Gasteiger partial charge in [-0.05, 0) is 24.3 Å². The Balaban J connectivity index is 1.94. The average Bonchev–Trinajstić information content (AvgIpc) is 2.41. The van der Waals surface area contributed by atoms with Crippen LogP contribution in [-0.4, -0.2) is 11.0 Å². The van der Waals surface area contributed by atoms with Crippen LogP contribution in [-0.2, 0) is 0 Å². The molecule has 20 heavy (non-hydrogen) atoms. The molecule has 0 saturated carbocycles. The van der Waals surface area contributed by atoms with Crippen LogP contribution in [0.4, 0.5) is 16.2 Å². The minimum Gasteiger partial charge on any atom is -0.307 e. The summed E-state index contributed by atoms with van der Waals surface area (Å²) in [4.78, 5) is 15.5. The number of urea groups is 1. The normalized spacial score (nSPS) is 9.95. The summed E-state index contributed by atoms with van der Waals surface area (Å²) in [6.07, 6.45) is 2.82. The van der Waals surface area contributed by atoms with Crippen molar-refractivity contribution in [1.82, 2.24) is 10.4 Å². The summed E-state index contributed by atoms with van der Waals surface area (Å²) in [5, 5.41) is 3.78. The number of rotatable bonds is 3. The topological polar surface area (TPSA) is 66.0 Å². The SMILES string of the molecule is O=C(NNc1c(Cl)cncc1Cl)Nc1ccc(Cl)cc1. The Hall–Kier alpha value is -1.69. The average molecular weight is 332 g/mol. The molecule has 0 bridgehead atoms. The predicted octanol–water partition coefficient (Wildman–Crippen LogP) is 4.19. The maximum absolute atomic E-state index is 11.7. The van der Waals surface area contributed by atoms with Crippen LogP contribution >= 0.6 is 34.8 Å². The van der Waals surface area contributed by atoms with Gasteiger partial charge in [-0.15, -0.1) is 0 Å². The first kappa shape index (κ1) is 14.7. The van der Waals surface area contributed by atoms with Crippen LogP contribution < -0.4 is 16.2 Å². The highest BCUT2D eigenvalue weighted by molar-refractivity contribution is 6.38. The van der Waals surface area contributed by atoms with E-state index in [1.54, 1.807) is 24.3 Å². The molecule has 1 heterocycles. The summed E-state index contributed by atoms with van der Waals surface area (Å²) in [5.74, 6) is 0. The van der Waals surface area contributed by atoms with Gasteiger partial charge in [-0.25, -0.2) is 4.79 Å². The van der Waals surface area contributed by atoms with Gasteiger partial charge >= 0.3 is 6.03 Å². The number of aromatic nitrogens is 1. The fourth-order valence-electron chi connectivity index (χ4n) is 1.35. The lowest BCUT2D eigenvalue weighted by atomic mass is 10.3. The van der Waals surface area contributed by atoms with Gasteiger partial charge in [-0.2, -0.15) is 0 Å². The number of amides is 2. The number of anilines is 2. The van der Waals surface area contributed by atoms with E-state index in [1.165, 1.54) is 12.4 Å². The lowest BCUT2D eigenvalue weighted by molar-refractivity contribution is 0.254. The predicted molar refractivity (Wildman–Crippen MR) is 81.5 cm³/mol. The number of carbonyl (C=O) groups is 1. The number of pyridine rings is 1. The minimum atomic E-state index is -0.476. The molecule has 3 N–H and O–H groups in total. The Labute approximate surface area is 130 Å². The highest BCUT2D eigenvalue weighted by atomic mass is 35.5. The quantitative estimate of drug-likeness (QED) is 0.739. The van der Waals surface area contributed by atoms with E-state index in [9.17, 15) is 4.79 Å². The molecule has 2 rings (SSSR count). The van der Waals surface area contributed by atoms with Gasteiger partial charge in [0.1, 0.15) is 0 Å². The second-order valence-corrected chi connectivity index (χ2v) is 4.94. The number of benzene rings is 1. The van der Waals surface area contributed by atoms with Crippen molar-refractivity contribution in [3.8, 4) is 0 Å². The molecule has 0 aliphatic heterocycles. The summed E-state index contributed by atoms with van der Waals surface area (Å²) in [6.45, 7) is 0. The highest BCUT2D eigenvalue weighted by Crippen LogP contribution is 2.27. The van der Waals surface area contributed by atoms with Crippen LogP contribution in [0.3, 0.4) is 0 Å². The minimum absolute atomic E-state index is 0.296. The first-order valence-electron chi connectivity index (χ1n) is 5.44. The summed E-state index contributed by atoms with van der Waals surface area (Å²) in [7, 11) is 0. The zero-order valence-corrected chi connectivity index (χ0v) is 12.2. The molecule has 0 radical (unpaired) electrons. The lowest BCUT2D eigenvalue weighted by Gasteiger charge is -2.12. The Bertz CT molecular complexity index is 598. The van der Waals surface area contributed by atoms with Crippen molar-refractivity contribution in [3.63, 3.8) is 0 Å². The third-order valence-electron chi connectivity index (χ3n) is 2.26. The molecule has 0 unspecified atom stereocenters. The Morgan fingerprint density at radius 3 is 2.20 bits per heavy atom. The molecule has 0 spiro atoms. The van der Waals surface area contributed by atoms with E-state index in [0.29, 0.717) is 26.4 Å². The molecular weight excluding hydrogens is 323 g/mol. The molecule has 1 aromatic heterocycles. The fourth-order valence-corrected chi connectivity index (χ4v) is 1.93. The molecule has 5 nitrogen and oxygen atoms in total. The zero-order chi connectivity index (χ0) is 14.5. The van der Waals surface area contributed by atoms with E-state index in [1.807, 2.05) is 0 Å². The Morgan fingerprint density at radius 1 is 1.00 bits per heavy atom. The Morgan fingerprint density at radius 2 is 1.60 bits per heavy atom. The number of hydrogen-bond acceptors (Lipinski definition) is 3. The van der Waals surface area contributed by atoms with Crippen molar-refractivity contribution >= 4 is 52.2 Å². The molecule has 0 saturated heterocycles. The molecule has 0 fully saturated rings. The number of halogens is 3. The van der Waals surface area contributed by atoms with Crippen molar-refractivity contribution in [2.45, 2.75) is 0 Å². The van der Waals surface area contributed by atoms with Crippen molar-refractivity contribution in [2.24, 2.45) is 0 Å². The lowest BCUT2D eigenvalue weighted by Crippen LogP contribution is -2.33. The second kappa shape index (κ2) is 6.65. The van der Waals surface area contributed by atoms with Gasteiger partial charge in [0, 0.05) is 23.1 Å². The van der Waals surface area contributed by atoms with Gasteiger partial charge in [0.2, 0.25) is 0 Å². The van der Waals surface area contributed by atoms with Crippen molar-refractivity contribution < 1.29 is 4.79 Å². The third kappa shape index (κ3) is 3.90. The molecule has 1 aromatic carbocycles. The van der Waals surface area contributed by atoms with Gasteiger partial charge in [-0.3, -0.25) is 15.8 Å². The number of nitrogens with one attached hydrogen (secondary N) is 3. The maximum Gasteiger partial charge on any atom is 0.337 e. The molecule has 104 valence electrons. The van der Waals surface area contributed by atoms with Crippen molar-refractivity contribution in [3.05, 3.63) is 51.7 Å². The number of hydrazine groups is 1. The molecular formula is C12H9Cl3N4O. The summed E-state index contributed by atoms with van der Waals surface area (Å²) in [5.41, 5.74) is 6.00. The van der Waals surface area contributed by atoms with Gasteiger partial charge in [0.15, 0.2) is 0 Å². The van der Waals surface area contributed by atoms with E-state index >= 15 is 0 Å². The van der Waals surface area contributed by atoms with Gasteiger partial charge < -0.3 is 5.32 Å². The van der Waals surface area contributed by atoms with Crippen LogP contribution in [0.15, 0.2) is 36.7 Å². The smallest absolute Gasteiger partial charge is 0.307 e. The van der Waals surface area contributed by atoms with Crippen LogP contribution in [0.2, 0.25) is 15.1 Å². The molecule has 8 heteroatoms. The number of hydrogen-bond donors (Lipinski definition) is 3. The summed E-state index contributed by atoms with van der Waals surface area (Å²) >= 11 is 17.5. The van der Waals surface area contributed by atoms with Crippen molar-refractivity contribution in [2.75, 3.05) is 10.7 Å². The molecule has 0 atom stereocenters. The number of nitrogens with zero attached hydrogens (tertiary/aromatic N) is 1. The standard InChI is InChI=1S/C12H9Cl3N4O/c13-7-1-3-8(4-2-7)17-12(20)19-18-11-9(14)5-16-6-10(11)15/h1-6H,(H,16,18)(H2,17,19,20). The van der Waals surface area contributed by atoms with Crippen molar-refractivity contribution in [1.29, 1.82) is 0 Å². The molecule has 2 amide bonds. The first-order valence-corrected chi connectivity index (χ1v) is 6.57. The van der Waals surface area contributed by atoms with Crippen LogP contribution in [0.1, 0.15) is 0 Å². The van der Waals surface area contributed by atoms with E-state index in [-0.39, 0.29) is 0 Å². The van der Waals surface area contributed by atoms with Crippen LogP contribution in [0, 0.1) is 0 Å². The first-order chi connectivity index (χ1) is 9.56. The molecule has 0 aliphatic rings. The van der Waals surface area contributed by atoms with Crippen LogP contribution in [0.5, 0.6) is 0 Å². The van der Waals surface area contributed by atoms with Crippen LogP contribution in [0.25, 0.3) is 0 Å². The van der Waals surface area contributed by atoms with E-state index in [0.717, 1.165) is 0 Å². The van der Waals surface area contributed by atoms with Gasteiger partial charge in [0.05, 0.1) is 15.7 Å². The van der Waals surface area contributed by atoms with Gasteiger partial charge in [0.25, 0.3) is 0 Å². The fraction of sp³-hybridized carbons (Fsp3) is 0. The zero-order valence-electron chi connectivity index (χ0n) is 9.95. The highest BCUT2D eigenvalue weighted by Gasteiger charge is 2.07. The third-order valence-corrected chi connectivity index (χ3v) is 3.08. The van der Waals surface area contributed by atoms with E-state index in [2.05, 4.69) is 21.2 Å². The monoisotopic (exact) mass is 330 g/mol. The largest absolute Gasteiger partial charge is 0.337 e. The number of carbonyl (C=O) groups excluding carboxylic acids is 1. The maximum atomic E-state index is 11.7.